The number of anilines is 2. The van der Waals surface area contributed by atoms with Crippen molar-refractivity contribution < 1.29 is 18.0 Å². The van der Waals surface area contributed by atoms with E-state index in [0.29, 0.717) is 34.8 Å². The number of nitrogens with zero attached hydrogens (tertiary/aromatic N) is 4. The predicted molar refractivity (Wildman–Crippen MR) is 129 cm³/mol. The summed E-state index contributed by atoms with van der Waals surface area (Å²) in [4.78, 5) is 27.1. The molecule has 10 heteroatoms. The Balaban J connectivity index is 1.63. The third kappa shape index (κ3) is 5.16. The van der Waals surface area contributed by atoms with Crippen molar-refractivity contribution in [1.82, 2.24) is 19.9 Å². The van der Waals surface area contributed by atoms with Gasteiger partial charge in [-0.05, 0) is 57.4 Å². The summed E-state index contributed by atoms with van der Waals surface area (Å²) in [6.07, 6.45) is -1.91. The van der Waals surface area contributed by atoms with Crippen molar-refractivity contribution in [2.75, 3.05) is 17.2 Å². The van der Waals surface area contributed by atoms with E-state index in [2.05, 4.69) is 25.6 Å². The Morgan fingerprint density at radius 1 is 1.23 bits per heavy atom. The third-order valence-corrected chi connectivity index (χ3v) is 6.51. The summed E-state index contributed by atoms with van der Waals surface area (Å²) < 4.78 is 40.2. The maximum Gasteiger partial charge on any atom is 0.416 e. The van der Waals surface area contributed by atoms with Gasteiger partial charge in [0.1, 0.15) is 11.6 Å². The van der Waals surface area contributed by atoms with Crippen LogP contribution in [0.5, 0.6) is 0 Å². The summed E-state index contributed by atoms with van der Waals surface area (Å²) in [5.74, 6) is 1.05. The minimum Gasteiger partial charge on any atom is -0.379 e. The normalized spacial score (nSPS) is 19.1. The number of alkyl halides is 3. The molecule has 1 fully saturated rings. The van der Waals surface area contributed by atoms with Gasteiger partial charge in [0.25, 0.3) is 0 Å². The summed E-state index contributed by atoms with van der Waals surface area (Å²) >= 11 is 0. The zero-order valence-electron chi connectivity index (χ0n) is 20.4. The molecule has 0 bridgehead atoms. The van der Waals surface area contributed by atoms with Crippen molar-refractivity contribution in [3.8, 4) is 0 Å². The van der Waals surface area contributed by atoms with Gasteiger partial charge in [-0.25, -0.2) is 15.0 Å². The molecule has 1 saturated heterocycles. The van der Waals surface area contributed by atoms with E-state index in [1.807, 2.05) is 17.9 Å². The molecule has 4 rings (SSSR count). The van der Waals surface area contributed by atoms with Gasteiger partial charge in [-0.15, -0.1) is 0 Å². The molecule has 2 aromatic heterocycles. The zero-order valence-corrected chi connectivity index (χ0v) is 20.4. The van der Waals surface area contributed by atoms with Crippen LogP contribution in [0.3, 0.4) is 0 Å². The molecule has 3 atom stereocenters. The highest BCUT2D eigenvalue weighted by atomic mass is 19.4. The number of carbonyl (C=O) groups is 1. The molecular formula is C25H29F3N6O. The first kappa shape index (κ1) is 24.7. The molecule has 0 radical (unpaired) electrons. The number of aryl methyl sites for hydroxylation is 1. The first-order chi connectivity index (χ1) is 16.4. The number of likely N-dealkylation sites (tertiary alicyclic amines) is 1. The van der Waals surface area contributed by atoms with Gasteiger partial charge in [0.15, 0.2) is 5.65 Å². The monoisotopic (exact) mass is 486 g/mol. The Morgan fingerprint density at radius 3 is 2.63 bits per heavy atom. The quantitative estimate of drug-likeness (QED) is 0.512. The number of aromatic nitrogens is 3. The van der Waals surface area contributed by atoms with E-state index in [1.165, 1.54) is 13.0 Å². The fourth-order valence-electron chi connectivity index (χ4n) is 4.83. The van der Waals surface area contributed by atoms with Crippen LogP contribution in [0.25, 0.3) is 11.0 Å². The molecule has 7 nitrogen and oxygen atoms in total. The van der Waals surface area contributed by atoms with Crippen LogP contribution in [0.15, 0.2) is 30.5 Å². The lowest BCUT2D eigenvalue weighted by Gasteiger charge is -2.21. The number of hydrogen-bond donors (Lipinski definition) is 2. The van der Waals surface area contributed by atoms with E-state index in [1.54, 1.807) is 33.0 Å². The molecule has 0 unspecified atom stereocenters. The molecule has 0 spiro atoms. The Bertz CT molecular complexity index is 1260. The van der Waals surface area contributed by atoms with E-state index in [-0.39, 0.29) is 23.6 Å². The highest BCUT2D eigenvalue weighted by Crippen LogP contribution is 2.35. The highest BCUT2D eigenvalue weighted by Gasteiger charge is 2.33. The van der Waals surface area contributed by atoms with Gasteiger partial charge in [0, 0.05) is 25.6 Å². The number of hydrogen-bond acceptors (Lipinski definition) is 6. The number of carbonyl (C=O) groups excluding carboxylic acids is 1. The smallest absolute Gasteiger partial charge is 0.379 e. The molecule has 3 aromatic rings. The van der Waals surface area contributed by atoms with Crippen molar-refractivity contribution >= 4 is 28.4 Å². The van der Waals surface area contributed by atoms with E-state index >= 15 is 0 Å². The van der Waals surface area contributed by atoms with Crippen LogP contribution in [0.4, 0.5) is 24.7 Å². The van der Waals surface area contributed by atoms with E-state index < -0.39 is 17.8 Å². The number of amides is 1. The Labute approximate surface area is 202 Å². The van der Waals surface area contributed by atoms with Gasteiger partial charge in [0.2, 0.25) is 5.91 Å². The standard InChI is InChI=1S/C25H29F3N6O/c1-13-9-19(12-34(13)17(5)35)33-18-10-21-23(29-11-18)31-16(4)32-24(21)30-15(3)20-7-6-8-22(14(20)2)25(26,27)28/h6-8,10-11,13,15,19,33H,9,12H2,1-5H3,(H,29,30,31,32)/t13-,15-,19+/m1/s1. The SMILES string of the molecule is CC(=O)N1C[C@@H](Nc2cnc3nc(C)nc(N[C@H](C)c4cccc(C(F)(F)F)c4C)c3c2)C[C@H]1C. The molecular weight excluding hydrogens is 457 g/mol. The largest absolute Gasteiger partial charge is 0.416 e. The van der Waals surface area contributed by atoms with Crippen LogP contribution in [0.1, 0.15) is 55.7 Å². The van der Waals surface area contributed by atoms with Gasteiger partial charge in [-0.3, -0.25) is 4.79 Å². The van der Waals surface area contributed by atoms with Crippen LogP contribution in [0.2, 0.25) is 0 Å². The predicted octanol–water partition coefficient (Wildman–Crippen LogP) is 5.25. The maximum absolute atomic E-state index is 13.4. The summed E-state index contributed by atoms with van der Waals surface area (Å²) in [5.41, 5.74) is 1.32. The first-order valence-corrected chi connectivity index (χ1v) is 11.6. The Hall–Kier alpha value is -3.43. The molecule has 186 valence electrons. The van der Waals surface area contributed by atoms with Crippen molar-refractivity contribution in [2.24, 2.45) is 0 Å². The molecule has 1 aromatic carbocycles. The molecule has 3 heterocycles. The van der Waals surface area contributed by atoms with Gasteiger partial charge in [-0.1, -0.05) is 12.1 Å². The minimum atomic E-state index is -4.42. The van der Waals surface area contributed by atoms with Crippen molar-refractivity contribution in [3.05, 3.63) is 53.0 Å². The molecule has 0 aliphatic carbocycles. The fourth-order valence-corrected chi connectivity index (χ4v) is 4.83. The number of nitrogens with one attached hydrogen (secondary N) is 2. The van der Waals surface area contributed by atoms with Crippen molar-refractivity contribution in [3.63, 3.8) is 0 Å². The minimum absolute atomic E-state index is 0.0488. The molecule has 0 saturated carbocycles. The first-order valence-electron chi connectivity index (χ1n) is 11.6. The summed E-state index contributed by atoms with van der Waals surface area (Å²) in [6.45, 7) is 9.23. The average molecular weight is 487 g/mol. The molecule has 1 amide bonds. The lowest BCUT2D eigenvalue weighted by atomic mass is 9.97. The van der Waals surface area contributed by atoms with Crippen molar-refractivity contribution in [2.45, 2.75) is 65.3 Å². The van der Waals surface area contributed by atoms with E-state index in [0.717, 1.165) is 18.2 Å². The number of halogens is 3. The average Bonchev–Trinajstić information content (AvgIpc) is 3.13. The van der Waals surface area contributed by atoms with Crippen LogP contribution < -0.4 is 10.6 Å². The van der Waals surface area contributed by atoms with Gasteiger partial charge in [-0.2, -0.15) is 13.2 Å². The summed E-state index contributed by atoms with van der Waals surface area (Å²) in [7, 11) is 0. The lowest BCUT2D eigenvalue weighted by molar-refractivity contribution is -0.138. The Morgan fingerprint density at radius 2 is 1.97 bits per heavy atom. The second kappa shape index (κ2) is 9.31. The topological polar surface area (TPSA) is 83.0 Å². The Kier molecular flexibility index (Phi) is 6.57. The van der Waals surface area contributed by atoms with E-state index in [9.17, 15) is 18.0 Å². The van der Waals surface area contributed by atoms with Crippen molar-refractivity contribution in [1.29, 1.82) is 0 Å². The maximum atomic E-state index is 13.4. The molecule has 1 aliphatic rings. The van der Waals surface area contributed by atoms with Crippen LogP contribution in [-0.4, -0.2) is 44.4 Å². The van der Waals surface area contributed by atoms with Gasteiger partial charge >= 0.3 is 6.18 Å². The number of fused-ring (bicyclic) bond motifs is 1. The highest BCUT2D eigenvalue weighted by molar-refractivity contribution is 5.89. The van der Waals surface area contributed by atoms with Crippen LogP contribution in [0, 0.1) is 13.8 Å². The van der Waals surface area contributed by atoms with Crippen LogP contribution in [-0.2, 0) is 11.0 Å². The van der Waals surface area contributed by atoms with Gasteiger partial charge in [0.05, 0.1) is 28.9 Å². The summed E-state index contributed by atoms with van der Waals surface area (Å²) in [6, 6.07) is 5.88. The molecule has 35 heavy (non-hydrogen) atoms. The second-order valence-electron chi connectivity index (χ2n) is 9.20. The van der Waals surface area contributed by atoms with Crippen LogP contribution >= 0.6 is 0 Å². The summed E-state index contributed by atoms with van der Waals surface area (Å²) in [5, 5.41) is 7.37. The van der Waals surface area contributed by atoms with Gasteiger partial charge < -0.3 is 15.5 Å². The lowest BCUT2D eigenvalue weighted by Crippen LogP contribution is -2.33. The van der Waals surface area contributed by atoms with E-state index in [4.69, 9.17) is 0 Å². The number of benzene rings is 1. The molecule has 2 N–H and O–H groups in total. The third-order valence-electron chi connectivity index (χ3n) is 6.51. The fraction of sp³-hybridized carbons (Fsp3) is 0.440. The second-order valence-corrected chi connectivity index (χ2v) is 9.20. The molecule has 1 aliphatic heterocycles. The number of pyridine rings is 1. The zero-order chi connectivity index (χ0) is 25.5. The number of rotatable bonds is 5.